The van der Waals surface area contributed by atoms with Gasteiger partial charge in [-0.2, -0.15) is 0 Å². The number of aromatic nitrogens is 3. The zero-order valence-corrected chi connectivity index (χ0v) is 24.5. The molecule has 1 heterocycles. The molecule has 2 amide bonds. The highest BCUT2D eigenvalue weighted by molar-refractivity contribution is 5.99. The van der Waals surface area contributed by atoms with Gasteiger partial charge in [0.1, 0.15) is 35.4 Å². The minimum atomic E-state index is -0.989. The molecule has 1 N–H and O–H groups in total. The largest absolute Gasteiger partial charge is 0.497 e. The van der Waals surface area contributed by atoms with Crippen molar-refractivity contribution < 1.29 is 23.8 Å². The highest BCUT2D eigenvalue weighted by Gasteiger charge is 2.33. The van der Waals surface area contributed by atoms with Gasteiger partial charge in [0.2, 0.25) is 5.91 Å². The van der Waals surface area contributed by atoms with Crippen LogP contribution in [0, 0.1) is 6.92 Å². The van der Waals surface area contributed by atoms with Crippen LogP contribution in [0.25, 0.3) is 11.0 Å². The molecule has 0 radical (unpaired) electrons. The van der Waals surface area contributed by atoms with Crippen molar-refractivity contribution in [3.05, 3.63) is 108 Å². The van der Waals surface area contributed by atoms with Crippen molar-refractivity contribution in [2.75, 3.05) is 26.6 Å². The van der Waals surface area contributed by atoms with E-state index >= 15 is 0 Å². The third-order valence-electron chi connectivity index (χ3n) is 7.16. The number of benzene rings is 4. The van der Waals surface area contributed by atoms with E-state index < -0.39 is 11.9 Å². The van der Waals surface area contributed by atoms with Crippen LogP contribution in [0.4, 0.5) is 5.69 Å². The summed E-state index contributed by atoms with van der Waals surface area (Å²) in [7, 11) is 4.67. The molecule has 5 aromatic rings. The molecule has 5 rings (SSSR count). The van der Waals surface area contributed by atoms with E-state index in [1.54, 1.807) is 42.0 Å². The predicted octanol–water partition coefficient (Wildman–Crippen LogP) is 5.17. The fraction of sp³-hybridized carbons (Fsp3) is 0.212. The topological polar surface area (TPSA) is 108 Å². The van der Waals surface area contributed by atoms with Crippen molar-refractivity contribution in [3.8, 4) is 17.2 Å². The molecule has 0 saturated heterocycles. The van der Waals surface area contributed by atoms with E-state index in [1.807, 2.05) is 79.7 Å². The second kappa shape index (κ2) is 13.1. The molecule has 1 aromatic heterocycles. The summed E-state index contributed by atoms with van der Waals surface area (Å²) in [6.07, 6.45) is 0. The standard InChI is InChI=1S/C33H33N5O5/c1-22-9-13-24(14-10-22)32(33(40)34-28-18-17-26(42-3)19-30(28)43-4)37(20-23-11-15-25(41-2)16-12-23)31(39)21-38-29-8-6-5-7-27(29)35-36-38/h5-19,32H,20-21H2,1-4H3,(H,34,40). The summed E-state index contributed by atoms with van der Waals surface area (Å²) < 4.78 is 17.7. The van der Waals surface area contributed by atoms with Crippen LogP contribution >= 0.6 is 0 Å². The number of carbonyl (C=O) groups excluding carboxylic acids is 2. The number of ether oxygens (including phenoxy) is 3. The Kier molecular flexibility index (Phi) is 8.85. The fourth-order valence-electron chi connectivity index (χ4n) is 4.83. The van der Waals surface area contributed by atoms with Gasteiger partial charge < -0.3 is 24.4 Å². The average molecular weight is 580 g/mol. The molecule has 0 aliphatic rings. The number of para-hydroxylation sites is 1. The van der Waals surface area contributed by atoms with Crippen LogP contribution < -0.4 is 19.5 Å². The van der Waals surface area contributed by atoms with Gasteiger partial charge in [0, 0.05) is 12.6 Å². The molecule has 1 unspecified atom stereocenters. The van der Waals surface area contributed by atoms with Crippen molar-refractivity contribution >= 4 is 28.5 Å². The smallest absolute Gasteiger partial charge is 0.251 e. The lowest BCUT2D eigenvalue weighted by molar-refractivity contribution is -0.140. The van der Waals surface area contributed by atoms with Gasteiger partial charge in [0.15, 0.2) is 0 Å². The van der Waals surface area contributed by atoms with Gasteiger partial charge in [0.05, 0.1) is 32.5 Å². The van der Waals surface area contributed by atoms with Crippen LogP contribution in [0.2, 0.25) is 0 Å². The maximum Gasteiger partial charge on any atom is 0.251 e. The van der Waals surface area contributed by atoms with Gasteiger partial charge in [0.25, 0.3) is 5.91 Å². The maximum absolute atomic E-state index is 14.2. The molecule has 43 heavy (non-hydrogen) atoms. The van der Waals surface area contributed by atoms with Crippen molar-refractivity contribution in [3.63, 3.8) is 0 Å². The lowest BCUT2D eigenvalue weighted by Gasteiger charge is -2.32. The summed E-state index contributed by atoms with van der Waals surface area (Å²) in [5.41, 5.74) is 4.35. The lowest BCUT2D eigenvalue weighted by atomic mass is 10.0. The van der Waals surface area contributed by atoms with Gasteiger partial charge in [-0.1, -0.05) is 59.3 Å². The Morgan fingerprint density at radius 2 is 1.56 bits per heavy atom. The van der Waals surface area contributed by atoms with E-state index in [0.29, 0.717) is 34.0 Å². The van der Waals surface area contributed by atoms with E-state index in [4.69, 9.17) is 14.2 Å². The average Bonchev–Trinajstić information content (AvgIpc) is 3.44. The molecule has 220 valence electrons. The summed E-state index contributed by atoms with van der Waals surface area (Å²) in [4.78, 5) is 30.0. The second-order valence-electron chi connectivity index (χ2n) is 9.97. The third kappa shape index (κ3) is 6.59. The molecule has 10 heteroatoms. The first-order chi connectivity index (χ1) is 20.9. The number of hydrogen-bond donors (Lipinski definition) is 1. The van der Waals surface area contributed by atoms with E-state index in [2.05, 4.69) is 15.6 Å². The Morgan fingerprint density at radius 3 is 2.26 bits per heavy atom. The molecule has 1 atom stereocenters. The summed E-state index contributed by atoms with van der Waals surface area (Å²) in [5, 5.41) is 11.4. The van der Waals surface area contributed by atoms with Crippen molar-refractivity contribution in [2.24, 2.45) is 0 Å². The normalized spacial score (nSPS) is 11.5. The number of fused-ring (bicyclic) bond motifs is 1. The Hall–Kier alpha value is -5.38. The number of aryl methyl sites for hydroxylation is 1. The van der Waals surface area contributed by atoms with Gasteiger partial charge >= 0.3 is 0 Å². The van der Waals surface area contributed by atoms with Crippen LogP contribution in [-0.4, -0.2) is 53.0 Å². The summed E-state index contributed by atoms with van der Waals surface area (Å²) in [6.45, 7) is 2.01. The van der Waals surface area contributed by atoms with Crippen LogP contribution in [0.5, 0.6) is 17.2 Å². The molecular weight excluding hydrogens is 546 g/mol. The molecule has 0 aliphatic carbocycles. The van der Waals surface area contributed by atoms with Crippen molar-refractivity contribution in [1.82, 2.24) is 19.9 Å². The Bertz CT molecular complexity index is 1720. The number of rotatable bonds is 11. The number of amides is 2. The van der Waals surface area contributed by atoms with Gasteiger partial charge in [-0.05, 0) is 54.4 Å². The first-order valence-electron chi connectivity index (χ1n) is 13.7. The minimum Gasteiger partial charge on any atom is -0.497 e. The molecule has 0 saturated carbocycles. The maximum atomic E-state index is 14.2. The number of nitrogens with zero attached hydrogens (tertiary/aromatic N) is 4. The Labute approximate surface area is 249 Å². The molecule has 0 aliphatic heterocycles. The highest BCUT2D eigenvalue weighted by Crippen LogP contribution is 2.32. The predicted molar refractivity (Wildman–Crippen MR) is 163 cm³/mol. The highest BCUT2D eigenvalue weighted by atomic mass is 16.5. The number of hydrogen-bond acceptors (Lipinski definition) is 7. The van der Waals surface area contributed by atoms with Crippen LogP contribution in [0.15, 0.2) is 91.0 Å². The molecular formula is C33H33N5O5. The SMILES string of the molecule is COc1ccc(CN(C(=O)Cn2nnc3ccccc32)C(C(=O)Nc2ccc(OC)cc2OC)c2ccc(C)cc2)cc1. The molecule has 4 aromatic carbocycles. The molecule has 0 spiro atoms. The van der Waals surface area contributed by atoms with Gasteiger partial charge in [-0.15, -0.1) is 5.10 Å². The minimum absolute atomic E-state index is 0.113. The Morgan fingerprint density at radius 1 is 0.860 bits per heavy atom. The number of carbonyl (C=O) groups is 2. The zero-order valence-electron chi connectivity index (χ0n) is 24.5. The fourth-order valence-corrected chi connectivity index (χ4v) is 4.83. The second-order valence-corrected chi connectivity index (χ2v) is 9.97. The molecule has 0 fully saturated rings. The molecule has 0 bridgehead atoms. The monoisotopic (exact) mass is 579 g/mol. The van der Waals surface area contributed by atoms with E-state index in [0.717, 1.165) is 16.6 Å². The van der Waals surface area contributed by atoms with Gasteiger partial charge in [-0.3, -0.25) is 9.59 Å². The quantitative estimate of drug-likeness (QED) is 0.230. The number of methoxy groups -OCH3 is 3. The van der Waals surface area contributed by atoms with Crippen LogP contribution in [0.3, 0.4) is 0 Å². The van der Waals surface area contributed by atoms with E-state index in [1.165, 1.54) is 7.11 Å². The first-order valence-corrected chi connectivity index (χ1v) is 13.7. The third-order valence-corrected chi connectivity index (χ3v) is 7.16. The number of nitrogens with one attached hydrogen (secondary N) is 1. The lowest BCUT2D eigenvalue weighted by Crippen LogP contribution is -2.42. The molecule has 10 nitrogen and oxygen atoms in total. The van der Waals surface area contributed by atoms with Crippen molar-refractivity contribution in [2.45, 2.75) is 26.1 Å². The summed E-state index contributed by atoms with van der Waals surface area (Å²) >= 11 is 0. The van der Waals surface area contributed by atoms with Crippen LogP contribution in [0.1, 0.15) is 22.7 Å². The van der Waals surface area contributed by atoms with Crippen LogP contribution in [-0.2, 0) is 22.7 Å². The number of anilines is 1. The Balaban J connectivity index is 1.56. The van der Waals surface area contributed by atoms with Crippen molar-refractivity contribution in [1.29, 1.82) is 0 Å². The summed E-state index contributed by atoms with van der Waals surface area (Å²) in [5.74, 6) is 0.987. The zero-order chi connectivity index (χ0) is 30.3. The van der Waals surface area contributed by atoms with E-state index in [9.17, 15) is 9.59 Å². The van der Waals surface area contributed by atoms with E-state index in [-0.39, 0.29) is 19.0 Å². The van der Waals surface area contributed by atoms with Gasteiger partial charge in [-0.25, -0.2) is 4.68 Å². The first kappa shape index (κ1) is 29.1. The summed E-state index contributed by atoms with van der Waals surface area (Å²) in [6, 6.07) is 26.5.